The molecule has 3 heteroatoms. The molecule has 2 N–H and O–H groups in total. The van der Waals surface area contributed by atoms with E-state index in [1.165, 1.54) is 5.56 Å². The predicted octanol–water partition coefficient (Wildman–Crippen LogP) is 3.19. The van der Waals surface area contributed by atoms with E-state index in [2.05, 4.69) is 0 Å². The highest BCUT2D eigenvalue weighted by Gasteiger charge is 2.21. The molecule has 0 aliphatic carbocycles. The fourth-order valence-corrected chi connectivity index (χ4v) is 3.22. The van der Waals surface area contributed by atoms with Gasteiger partial charge in [-0.1, -0.05) is 48.0 Å². The van der Waals surface area contributed by atoms with Crippen molar-refractivity contribution < 1.29 is 4.21 Å². The van der Waals surface area contributed by atoms with Crippen LogP contribution in [0.25, 0.3) is 0 Å². The summed E-state index contributed by atoms with van der Waals surface area (Å²) in [6.07, 6.45) is 0. The summed E-state index contributed by atoms with van der Waals surface area (Å²) in [5, 5.41) is -0.120. The molecule has 0 heterocycles. The number of benzene rings is 2. The van der Waals surface area contributed by atoms with Crippen LogP contribution in [0, 0.1) is 6.92 Å². The second-order valence-electron chi connectivity index (χ2n) is 4.75. The maximum Gasteiger partial charge on any atom is 0.0577 e. The molecule has 0 aliphatic heterocycles. The number of nitrogens with two attached hydrogens (primary N) is 1. The van der Waals surface area contributed by atoms with Gasteiger partial charge >= 0.3 is 0 Å². The summed E-state index contributed by atoms with van der Waals surface area (Å²) < 4.78 is 12.5. The maximum atomic E-state index is 12.5. The van der Waals surface area contributed by atoms with Crippen molar-refractivity contribution in [1.29, 1.82) is 0 Å². The summed E-state index contributed by atoms with van der Waals surface area (Å²) >= 11 is 0. The second-order valence-corrected chi connectivity index (χ2v) is 6.56. The quantitative estimate of drug-likeness (QED) is 0.929. The van der Waals surface area contributed by atoms with E-state index in [0.29, 0.717) is 0 Å². The minimum atomic E-state index is -1.09. The molecule has 100 valence electrons. The monoisotopic (exact) mass is 273 g/mol. The van der Waals surface area contributed by atoms with E-state index >= 15 is 0 Å². The van der Waals surface area contributed by atoms with Gasteiger partial charge in [0.2, 0.25) is 0 Å². The van der Waals surface area contributed by atoms with Gasteiger partial charge in [0, 0.05) is 10.9 Å². The van der Waals surface area contributed by atoms with Crippen molar-refractivity contribution in [2.24, 2.45) is 5.73 Å². The molecule has 2 aromatic rings. The maximum absolute atomic E-state index is 12.5. The van der Waals surface area contributed by atoms with E-state index < -0.39 is 10.8 Å². The van der Waals surface area contributed by atoms with Crippen LogP contribution < -0.4 is 5.73 Å². The Balaban J connectivity index is 2.17. The van der Waals surface area contributed by atoms with Gasteiger partial charge in [-0.15, -0.1) is 0 Å². The molecular formula is C16H19NOS. The van der Waals surface area contributed by atoms with Crippen molar-refractivity contribution in [3.05, 3.63) is 65.7 Å². The van der Waals surface area contributed by atoms with Crippen LogP contribution in [0.15, 0.2) is 59.5 Å². The summed E-state index contributed by atoms with van der Waals surface area (Å²) in [5.74, 6) is 0. The molecule has 0 fully saturated rings. The average molecular weight is 273 g/mol. The molecule has 2 rings (SSSR count). The van der Waals surface area contributed by atoms with Gasteiger partial charge in [-0.3, -0.25) is 4.21 Å². The fourth-order valence-electron chi connectivity index (χ4n) is 1.97. The summed E-state index contributed by atoms with van der Waals surface area (Å²) in [6.45, 7) is 3.96. The predicted molar refractivity (Wildman–Crippen MR) is 80.4 cm³/mol. The minimum absolute atomic E-state index is 0.120. The summed E-state index contributed by atoms with van der Waals surface area (Å²) in [4.78, 5) is 0.837. The highest BCUT2D eigenvalue weighted by Crippen LogP contribution is 2.22. The van der Waals surface area contributed by atoms with Gasteiger partial charge < -0.3 is 5.73 Å². The zero-order valence-corrected chi connectivity index (χ0v) is 12.1. The molecule has 0 aromatic heterocycles. The van der Waals surface area contributed by atoms with Crippen LogP contribution in [0.5, 0.6) is 0 Å². The van der Waals surface area contributed by atoms with E-state index in [1.54, 1.807) is 0 Å². The lowest BCUT2D eigenvalue weighted by Crippen LogP contribution is -2.27. The van der Waals surface area contributed by atoms with Crippen molar-refractivity contribution in [3.63, 3.8) is 0 Å². The molecule has 0 aliphatic rings. The highest BCUT2D eigenvalue weighted by atomic mass is 32.2. The number of hydrogen-bond acceptors (Lipinski definition) is 2. The number of hydrogen-bond donors (Lipinski definition) is 1. The summed E-state index contributed by atoms with van der Waals surface area (Å²) in [5.41, 5.74) is 8.40. The molecule has 3 atom stereocenters. The first-order valence-electron chi connectivity index (χ1n) is 6.37. The van der Waals surface area contributed by atoms with Crippen molar-refractivity contribution in [1.82, 2.24) is 0 Å². The van der Waals surface area contributed by atoms with Crippen molar-refractivity contribution in [2.75, 3.05) is 0 Å². The Kier molecular flexibility index (Phi) is 4.51. The lowest BCUT2D eigenvalue weighted by Gasteiger charge is -2.20. The van der Waals surface area contributed by atoms with Gasteiger partial charge in [0.15, 0.2) is 0 Å². The molecule has 19 heavy (non-hydrogen) atoms. The Labute approximate surface area is 117 Å². The molecule has 0 saturated heterocycles. The van der Waals surface area contributed by atoms with Crippen LogP contribution in [0.4, 0.5) is 0 Å². The van der Waals surface area contributed by atoms with Crippen molar-refractivity contribution in [2.45, 2.75) is 30.0 Å². The van der Waals surface area contributed by atoms with Crippen LogP contribution >= 0.6 is 0 Å². The molecule has 0 saturated carbocycles. The van der Waals surface area contributed by atoms with Gasteiger partial charge in [-0.2, -0.15) is 0 Å². The molecule has 0 radical (unpaired) electrons. The Morgan fingerprint density at radius 1 is 1.00 bits per heavy atom. The minimum Gasteiger partial charge on any atom is -0.323 e. The van der Waals surface area contributed by atoms with Crippen molar-refractivity contribution >= 4 is 10.8 Å². The van der Waals surface area contributed by atoms with E-state index in [4.69, 9.17) is 5.73 Å². The molecule has 0 bridgehead atoms. The molecule has 0 spiro atoms. The molecule has 2 nitrogen and oxygen atoms in total. The normalized spacial score (nSPS) is 15.7. The number of rotatable bonds is 4. The average Bonchev–Trinajstić information content (AvgIpc) is 2.46. The Morgan fingerprint density at radius 2 is 1.58 bits per heavy atom. The Morgan fingerprint density at radius 3 is 2.16 bits per heavy atom. The molecule has 2 aromatic carbocycles. The van der Waals surface area contributed by atoms with Gasteiger partial charge in [0.1, 0.15) is 0 Å². The first kappa shape index (κ1) is 14.0. The fraction of sp³-hybridized carbons (Fsp3) is 0.250. The van der Waals surface area contributed by atoms with E-state index in [9.17, 15) is 4.21 Å². The summed E-state index contributed by atoms with van der Waals surface area (Å²) in [6, 6.07) is 17.4. The van der Waals surface area contributed by atoms with E-state index in [0.717, 1.165) is 10.5 Å². The Hall–Kier alpha value is -1.45. The summed E-state index contributed by atoms with van der Waals surface area (Å²) in [7, 11) is -1.09. The van der Waals surface area contributed by atoms with E-state index in [-0.39, 0.29) is 11.3 Å². The molecular weight excluding hydrogens is 254 g/mol. The largest absolute Gasteiger partial charge is 0.323 e. The van der Waals surface area contributed by atoms with Crippen LogP contribution in [-0.4, -0.2) is 9.46 Å². The zero-order chi connectivity index (χ0) is 13.8. The van der Waals surface area contributed by atoms with Crippen LogP contribution in [0.2, 0.25) is 0 Å². The highest BCUT2D eigenvalue weighted by molar-refractivity contribution is 7.85. The Bertz CT molecular complexity index is 551. The molecule has 0 amide bonds. The topological polar surface area (TPSA) is 43.1 Å². The second kappa shape index (κ2) is 6.13. The lowest BCUT2D eigenvalue weighted by molar-refractivity contribution is 0.643. The third kappa shape index (κ3) is 3.31. The first-order valence-corrected chi connectivity index (χ1v) is 7.58. The first-order chi connectivity index (χ1) is 9.09. The van der Waals surface area contributed by atoms with Crippen molar-refractivity contribution in [3.8, 4) is 0 Å². The smallest absolute Gasteiger partial charge is 0.0577 e. The third-order valence-corrected chi connectivity index (χ3v) is 4.99. The lowest BCUT2D eigenvalue weighted by atomic mass is 10.1. The van der Waals surface area contributed by atoms with Gasteiger partial charge in [0.05, 0.1) is 16.0 Å². The van der Waals surface area contributed by atoms with Gasteiger partial charge in [-0.05, 0) is 31.5 Å². The third-order valence-electron chi connectivity index (χ3n) is 3.28. The van der Waals surface area contributed by atoms with Gasteiger partial charge in [-0.25, -0.2) is 0 Å². The standard InChI is InChI=1S/C16H19NOS/c1-12-8-10-15(11-9-12)19(18)13(2)16(17)14-6-4-3-5-7-14/h3-11,13,16H,17H2,1-2H3/t13-,16-,19+/m0/s1. The van der Waals surface area contributed by atoms with Crippen LogP contribution in [0.3, 0.4) is 0 Å². The zero-order valence-electron chi connectivity index (χ0n) is 11.2. The SMILES string of the molecule is Cc1ccc([S@](=O)[C@@H](C)[C@H](N)c2ccccc2)cc1. The van der Waals surface area contributed by atoms with Crippen LogP contribution in [-0.2, 0) is 10.8 Å². The number of aryl methyl sites for hydroxylation is 1. The van der Waals surface area contributed by atoms with Crippen LogP contribution in [0.1, 0.15) is 24.1 Å². The van der Waals surface area contributed by atoms with E-state index in [1.807, 2.05) is 68.4 Å². The molecule has 0 unspecified atom stereocenters. The van der Waals surface area contributed by atoms with Gasteiger partial charge in [0.25, 0.3) is 0 Å².